The van der Waals surface area contributed by atoms with E-state index in [0.29, 0.717) is 31.7 Å². The van der Waals surface area contributed by atoms with Crippen molar-refractivity contribution in [1.29, 1.82) is 0 Å². The van der Waals surface area contributed by atoms with E-state index in [9.17, 15) is 9.59 Å². The molecule has 9 nitrogen and oxygen atoms in total. The molecule has 2 fully saturated rings. The van der Waals surface area contributed by atoms with Crippen LogP contribution in [-0.4, -0.2) is 88.9 Å². The van der Waals surface area contributed by atoms with Crippen LogP contribution in [0.3, 0.4) is 0 Å². The van der Waals surface area contributed by atoms with Gasteiger partial charge in [-0.25, -0.2) is 15.0 Å². The van der Waals surface area contributed by atoms with Crippen LogP contribution in [0.4, 0.5) is 11.8 Å². The largest absolute Gasteiger partial charge is 0.353 e. The van der Waals surface area contributed by atoms with E-state index in [1.165, 1.54) is 0 Å². The van der Waals surface area contributed by atoms with Crippen LogP contribution in [0.1, 0.15) is 17.3 Å². The predicted molar refractivity (Wildman–Crippen MR) is 109 cm³/mol. The summed E-state index contributed by atoms with van der Waals surface area (Å²) in [5, 5.41) is 0. The lowest BCUT2D eigenvalue weighted by Crippen LogP contribution is -2.50. The van der Waals surface area contributed by atoms with Gasteiger partial charge in [-0.15, -0.1) is 0 Å². The first-order valence-electron chi connectivity index (χ1n) is 9.89. The van der Waals surface area contributed by atoms with E-state index in [0.717, 1.165) is 37.9 Å². The van der Waals surface area contributed by atoms with Crippen LogP contribution in [-0.2, 0) is 4.79 Å². The minimum atomic E-state index is -0.0294. The van der Waals surface area contributed by atoms with E-state index in [-0.39, 0.29) is 11.8 Å². The van der Waals surface area contributed by atoms with E-state index in [4.69, 9.17) is 0 Å². The quantitative estimate of drug-likeness (QED) is 0.748. The first kappa shape index (κ1) is 19.1. The topological polar surface area (TPSA) is 85.8 Å². The van der Waals surface area contributed by atoms with Crippen LogP contribution in [0.5, 0.6) is 0 Å². The number of anilines is 2. The Morgan fingerprint density at radius 3 is 2.00 bits per heavy atom. The van der Waals surface area contributed by atoms with Gasteiger partial charge in [0.15, 0.2) is 0 Å². The number of aromatic nitrogens is 3. The number of rotatable bonds is 3. The van der Waals surface area contributed by atoms with Crippen molar-refractivity contribution in [3.05, 3.63) is 42.4 Å². The molecule has 0 saturated carbocycles. The van der Waals surface area contributed by atoms with Crippen LogP contribution in [0.2, 0.25) is 0 Å². The first-order chi connectivity index (χ1) is 14.1. The molecule has 2 aliphatic rings. The van der Waals surface area contributed by atoms with Gasteiger partial charge in [-0.3, -0.25) is 9.59 Å². The molecule has 29 heavy (non-hydrogen) atoms. The minimum Gasteiger partial charge on any atom is -0.353 e. The second kappa shape index (κ2) is 8.42. The van der Waals surface area contributed by atoms with Gasteiger partial charge in [0.05, 0.1) is 5.56 Å². The fourth-order valence-corrected chi connectivity index (χ4v) is 3.70. The van der Waals surface area contributed by atoms with E-state index in [1.807, 2.05) is 18.2 Å². The number of carbonyl (C=O) groups excluding carboxylic acids is 2. The van der Waals surface area contributed by atoms with E-state index < -0.39 is 0 Å². The average molecular weight is 395 g/mol. The molecule has 2 saturated heterocycles. The van der Waals surface area contributed by atoms with Crippen LogP contribution in [0, 0.1) is 0 Å². The third-order valence-corrected chi connectivity index (χ3v) is 5.45. The lowest BCUT2D eigenvalue weighted by Gasteiger charge is -2.35. The maximum absolute atomic E-state index is 12.7. The number of piperazine rings is 2. The van der Waals surface area contributed by atoms with Crippen LogP contribution >= 0.6 is 0 Å². The van der Waals surface area contributed by atoms with Gasteiger partial charge in [0.25, 0.3) is 5.91 Å². The molecule has 2 aromatic rings. The standard InChI is InChI=1S/C20H25N7O2/c1-16(28)24-7-11-26(12-8-24)19(29)17-3-4-18(23-15-17)25-9-13-27(14-10-25)20-21-5-2-6-22-20/h2-6,15H,7-14H2,1H3. The normalized spacial score (nSPS) is 17.4. The molecule has 152 valence electrons. The summed E-state index contributed by atoms with van der Waals surface area (Å²) in [7, 11) is 0. The van der Waals surface area contributed by atoms with Crippen molar-refractivity contribution in [2.45, 2.75) is 6.92 Å². The Kier molecular flexibility index (Phi) is 5.55. The zero-order chi connectivity index (χ0) is 20.2. The van der Waals surface area contributed by atoms with Crippen molar-refractivity contribution >= 4 is 23.6 Å². The van der Waals surface area contributed by atoms with E-state index >= 15 is 0 Å². The molecule has 0 unspecified atom stereocenters. The number of hydrogen-bond acceptors (Lipinski definition) is 7. The van der Waals surface area contributed by atoms with Crippen LogP contribution < -0.4 is 9.80 Å². The van der Waals surface area contributed by atoms with Gasteiger partial charge in [-0.05, 0) is 18.2 Å². The molecule has 0 aliphatic carbocycles. The summed E-state index contributed by atoms with van der Waals surface area (Å²) in [5.74, 6) is 1.66. The average Bonchev–Trinajstić information content (AvgIpc) is 2.79. The highest BCUT2D eigenvalue weighted by atomic mass is 16.2. The summed E-state index contributed by atoms with van der Waals surface area (Å²) in [6, 6.07) is 5.57. The summed E-state index contributed by atoms with van der Waals surface area (Å²) in [6.07, 6.45) is 5.17. The molecule has 0 N–H and O–H groups in total. The third-order valence-electron chi connectivity index (χ3n) is 5.45. The van der Waals surface area contributed by atoms with Gasteiger partial charge in [-0.1, -0.05) is 0 Å². The van der Waals surface area contributed by atoms with Gasteiger partial charge >= 0.3 is 0 Å². The number of carbonyl (C=O) groups is 2. The highest BCUT2D eigenvalue weighted by Crippen LogP contribution is 2.17. The molecule has 2 amide bonds. The molecule has 2 aromatic heterocycles. The van der Waals surface area contributed by atoms with Gasteiger partial charge < -0.3 is 19.6 Å². The fraction of sp³-hybridized carbons (Fsp3) is 0.450. The van der Waals surface area contributed by atoms with Gasteiger partial charge in [-0.2, -0.15) is 0 Å². The number of nitrogens with zero attached hydrogens (tertiary/aromatic N) is 7. The summed E-state index contributed by atoms with van der Waals surface area (Å²) in [6.45, 7) is 7.15. The lowest BCUT2D eigenvalue weighted by atomic mass is 10.2. The van der Waals surface area contributed by atoms with Gasteiger partial charge in [0.1, 0.15) is 5.82 Å². The smallest absolute Gasteiger partial charge is 0.255 e. The summed E-state index contributed by atoms with van der Waals surface area (Å²) >= 11 is 0. The first-order valence-corrected chi connectivity index (χ1v) is 9.89. The molecular weight excluding hydrogens is 370 g/mol. The van der Waals surface area contributed by atoms with Crippen molar-refractivity contribution in [2.75, 3.05) is 62.2 Å². The van der Waals surface area contributed by atoms with Gasteiger partial charge in [0, 0.05) is 77.9 Å². The summed E-state index contributed by atoms with van der Waals surface area (Å²) in [5.41, 5.74) is 0.585. The Morgan fingerprint density at radius 1 is 0.793 bits per heavy atom. The van der Waals surface area contributed by atoms with Crippen molar-refractivity contribution < 1.29 is 9.59 Å². The summed E-state index contributed by atoms with van der Waals surface area (Å²) < 4.78 is 0. The molecule has 0 bridgehead atoms. The minimum absolute atomic E-state index is 0.0294. The number of hydrogen-bond donors (Lipinski definition) is 0. The Labute approximate surface area is 170 Å². The number of amides is 2. The molecule has 4 rings (SSSR count). The van der Waals surface area contributed by atoms with Crippen LogP contribution in [0.15, 0.2) is 36.8 Å². The van der Waals surface area contributed by atoms with Gasteiger partial charge in [0.2, 0.25) is 11.9 Å². The van der Waals surface area contributed by atoms with E-state index in [1.54, 1.807) is 35.3 Å². The van der Waals surface area contributed by atoms with Crippen molar-refractivity contribution in [1.82, 2.24) is 24.8 Å². The Bertz CT molecular complexity index is 843. The van der Waals surface area contributed by atoms with Crippen molar-refractivity contribution in [2.24, 2.45) is 0 Å². The SMILES string of the molecule is CC(=O)N1CCN(C(=O)c2ccc(N3CCN(c4ncccn4)CC3)nc2)CC1. The molecule has 0 aromatic carbocycles. The van der Waals surface area contributed by atoms with Crippen molar-refractivity contribution in [3.63, 3.8) is 0 Å². The second-order valence-electron chi connectivity index (χ2n) is 7.23. The maximum atomic E-state index is 12.7. The lowest BCUT2D eigenvalue weighted by molar-refractivity contribution is -0.130. The Morgan fingerprint density at radius 2 is 1.41 bits per heavy atom. The molecular formula is C20H25N7O2. The second-order valence-corrected chi connectivity index (χ2v) is 7.23. The molecule has 0 atom stereocenters. The number of pyridine rings is 1. The Hall–Kier alpha value is -3.23. The molecule has 2 aliphatic heterocycles. The van der Waals surface area contributed by atoms with Crippen molar-refractivity contribution in [3.8, 4) is 0 Å². The third kappa shape index (κ3) is 4.28. The zero-order valence-electron chi connectivity index (χ0n) is 16.6. The molecule has 0 radical (unpaired) electrons. The monoisotopic (exact) mass is 395 g/mol. The molecule has 0 spiro atoms. The Balaban J connectivity index is 1.33. The zero-order valence-corrected chi connectivity index (χ0v) is 16.6. The predicted octanol–water partition coefficient (Wildman–Crippen LogP) is 0.503. The van der Waals surface area contributed by atoms with E-state index in [2.05, 4.69) is 24.8 Å². The summed E-state index contributed by atoms with van der Waals surface area (Å²) in [4.78, 5) is 45.2. The highest BCUT2D eigenvalue weighted by molar-refractivity contribution is 5.94. The fourth-order valence-electron chi connectivity index (χ4n) is 3.70. The molecule has 4 heterocycles. The molecule has 9 heteroatoms. The maximum Gasteiger partial charge on any atom is 0.255 e. The highest BCUT2D eigenvalue weighted by Gasteiger charge is 2.24. The van der Waals surface area contributed by atoms with Crippen LogP contribution in [0.25, 0.3) is 0 Å².